The van der Waals surface area contributed by atoms with Crippen LogP contribution in [0.5, 0.6) is 0 Å². The number of aromatic amines is 2. The molecule has 2 aliphatic heterocycles. The van der Waals surface area contributed by atoms with E-state index in [0.29, 0.717) is 0 Å². The van der Waals surface area contributed by atoms with Crippen LogP contribution in [0.1, 0.15) is 83.2 Å². The summed E-state index contributed by atoms with van der Waals surface area (Å²) in [5.74, 6) is -0.954. The van der Waals surface area contributed by atoms with Gasteiger partial charge in [-0.1, -0.05) is 142 Å². The number of benzene rings is 5. The third-order valence-corrected chi connectivity index (χ3v) is 12.5. The van der Waals surface area contributed by atoms with E-state index in [4.69, 9.17) is 9.97 Å². The van der Waals surface area contributed by atoms with Gasteiger partial charge in [0.2, 0.25) is 0 Å². The summed E-state index contributed by atoms with van der Waals surface area (Å²) in [5.41, 5.74) is 26.7. The van der Waals surface area contributed by atoms with Crippen LogP contribution in [-0.4, -0.2) is 31.0 Å². The van der Waals surface area contributed by atoms with Crippen LogP contribution < -0.4 is 0 Å². The molecule has 6 heteroatoms. The Bertz CT molecular complexity index is 3550. The molecule has 0 spiro atoms. The van der Waals surface area contributed by atoms with E-state index in [1.165, 1.54) is 22.3 Å². The zero-order valence-corrected chi connectivity index (χ0v) is 39.2. The van der Waals surface area contributed by atoms with Gasteiger partial charge in [0.1, 0.15) is 0 Å². The Morgan fingerprint density at radius 1 is 0.433 bits per heavy atom. The van der Waals surface area contributed by atoms with Crippen molar-refractivity contribution in [1.82, 2.24) is 19.9 Å². The molecule has 3 aromatic heterocycles. The van der Waals surface area contributed by atoms with E-state index in [2.05, 4.69) is 187 Å². The van der Waals surface area contributed by atoms with Crippen molar-refractivity contribution in [3.63, 3.8) is 0 Å². The standard InChI is InChI=1S/C61H52N4O2/c1-34-21-35(2)26-45(25-34)56-49-15-16-50(62-49)57(46-27-36(3)22-37(4)28-46)52-19-20-54(64-52)59(48-31-40(7)24-41(8)32-48)60-44(14-11-42-9-12-43(13-10-42)61(66)67)33-55(65-60)58(53-18-17-51(56)63-53)47-29-38(5)23-39(6)30-47/h9-33,63-64H,1-8H3,(H,66,67)/b14-11+,56-49?,56-51?,57-50?,57-52?,58-53?,58-55?,59-54?,60-59?. The molecule has 3 N–H and O–H groups in total. The monoisotopic (exact) mass is 872 g/mol. The molecular weight excluding hydrogens is 821 g/mol. The molecule has 0 radical (unpaired) electrons. The second-order valence-corrected chi connectivity index (χ2v) is 18.5. The fourth-order valence-corrected chi connectivity index (χ4v) is 10.0. The minimum absolute atomic E-state index is 0.244. The van der Waals surface area contributed by atoms with Crippen molar-refractivity contribution in [2.75, 3.05) is 0 Å². The summed E-state index contributed by atoms with van der Waals surface area (Å²) in [7, 11) is 0. The van der Waals surface area contributed by atoms with E-state index in [0.717, 1.165) is 123 Å². The van der Waals surface area contributed by atoms with Gasteiger partial charge in [-0.3, -0.25) is 0 Å². The van der Waals surface area contributed by atoms with Crippen molar-refractivity contribution in [2.45, 2.75) is 55.4 Å². The topological polar surface area (TPSA) is 94.7 Å². The molecule has 0 saturated heterocycles. The number of nitrogens with one attached hydrogen (secondary N) is 2. The Morgan fingerprint density at radius 3 is 1.18 bits per heavy atom. The van der Waals surface area contributed by atoms with Crippen LogP contribution in [-0.2, 0) is 0 Å². The first-order valence-corrected chi connectivity index (χ1v) is 22.8. The van der Waals surface area contributed by atoms with Gasteiger partial charge >= 0.3 is 5.97 Å². The van der Waals surface area contributed by atoms with Crippen molar-refractivity contribution in [2.24, 2.45) is 0 Å². The van der Waals surface area contributed by atoms with E-state index in [-0.39, 0.29) is 5.56 Å². The minimum Gasteiger partial charge on any atom is -0.478 e. The molecule has 67 heavy (non-hydrogen) atoms. The molecule has 328 valence electrons. The van der Waals surface area contributed by atoms with Crippen LogP contribution in [0.4, 0.5) is 0 Å². The summed E-state index contributed by atoms with van der Waals surface area (Å²) in [6.07, 6.45) is 10.7. The number of carboxylic acids is 1. The number of carbonyl (C=O) groups is 1. The SMILES string of the molecule is Cc1cc(C)cc(-c2c3nc(c(-c4cc(C)cc(C)c4)c4ccc([nH]4)c(-c4cc(C)cc(C)c4)c4nc(c(-c5cc(C)cc(C)c5)c5ccc2[nH]5)C=C4/C=C/c2ccc(C(=O)O)cc2)C=C3)c1. The molecule has 6 nitrogen and oxygen atoms in total. The normalized spacial score (nSPS) is 12.3. The number of aromatic carboxylic acids is 1. The Kier molecular flexibility index (Phi) is 10.9. The lowest BCUT2D eigenvalue weighted by Gasteiger charge is -2.10. The molecule has 0 fully saturated rings. The van der Waals surface area contributed by atoms with Crippen molar-refractivity contribution in [3.05, 3.63) is 206 Å². The van der Waals surface area contributed by atoms with E-state index < -0.39 is 5.97 Å². The number of allylic oxidation sites excluding steroid dienone is 2. The third-order valence-electron chi connectivity index (χ3n) is 12.5. The highest BCUT2D eigenvalue weighted by molar-refractivity contribution is 6.05. The van der Waals surface area contributed by atoms with Gasteiger partial charge < -0.3 is 15.1 Å². The summed E-state index contributed by atoms with van der Waals surface area (Å²) in [4.78, 5) is 30.9. The van der Waals surface area contributed by atoms with Gasteiger partial charge in [0.15, 0.2) is 0 Å². The zero-order valence-electron chi connectivity index (χ0n) is 39.2. The maximum atomic E-state index is 11.8. The first-order chi connectivity index (χ1) is 32.2. The lowest BCUT2D eigenvalue weighted by Crippen LogP contribution is -1.94. The molecule has 10 rings (SSSR count). The van der Waals surface area contributed by atoms with Gasteiger partial charge in [-0.05, 0) is 138 Å². The van der Waals surface area contributed by atoms with Crippen molar-refractivity contribution >= 4 is 57.9 Å². The van der Waals surface area contributed by atoms with Gasteiger partial charge in [0, 0.05) is 49.9 Å². The molecule has 0 unspecified atom stereocenters. The van der Waals surface area contributed by atoms with Crippen LogP contribution in [0, 0.1) is 55.4 Å². The van der Waals surface area contributed by atoms with Gasteiger partial charge in [0.25, 0.3) is 0 Å². The maximum Gasteiger partial charge on any atom is 0.335 e. The van der Waals surface area contributed by atoms with E-state index in [9.17, 15) is 9.90 Å². The lowest BCUT2D eigenvalue weighted by atomic mass is 9.96. The Morgan fingerprint density at radius 2 is 0.791 bits per heavy atom. The van der Waals surface area contributed by atoms with Crippen LogP contribution in [0.15, 0.2) is 127 Å². The zero-order chi connectivity index (χ0) is 46.7. The van der Waals surface area contributed by atoms with Crippen LogP contribution in [0.3, 0.4) is 0 Å². The first kappa shape index (κ1) is 42.8. The quantitative estimate of drug-likeness (QED) is 0.149. The smallest absolute Gasteiger partial charge is 0.335 e. The maximum absolute atomic E-state index is 11.8. The third kappa shape index (κ3) is 8.50. The van der Waals surface area contributed by atoms with E-state index in [1.807, 2.05) is 18.2 Å². The number of hydrogen-bond donors (Lipinski definition) is 3. The van der Waals surface area contributed by atoms with Crippen molar-refractivity contribution < 1.29 is 9.90 Å². The Balaban J connectivity index is 1.41. The Labute approximate surface area is 391 Å². The first-order valence-electron chi connectivity index (χ1n) is 22.8. The number of rotatable bonds is 7. The van der Waals surface area contributed by atoms with Crippen LogP contribution >= 0.6 is 0 Å². The van der Waals surface area contributed by atoms with Crippen LogP contribution in [0.2, 0.25) is 0 Å². The second kappa shape index (κ2) is 17.0. The van der Waals surface area contributed by atoms with Crippen molar-refractivity contribution in [3.8, 4) is 44.5 Å². The number of aryl methyl sites for hydroxylation is 8. The van der Waals surface area contributed by atoms with Gasteiger partial charge in [0.05, 0.1) is 28.3 Å². The molecule has 0 saturated carbocycles. The van der Waals surface area contributed by atoms with Gasteiger partial charge in [-0.25, -0.2) is 14.8 Å². The van der Waals surface area contributed by atoms with Crippen molar-refractivity contribution in [1.29, 1.82) is 0 Å². The fourth-order valence-electron chi connectivity index (χ4n) is 10.0. The number of aromatic nitrogens is 4. The highest BCUT2D eigenvalue weighted by Crippen LogP contribution is 2.42. The summed E-state index contributed by atoms with van der Waals surface area (Å²) >= 11 is 0. The molecular formula is C61H52N4O2. The highest BCUT2D eigenvalue weighted by atomic mass is 16.4. The van der Waals surface area contributed by atoms with E-state index in [1.54, 1.807) is 12.1 Å². The molecule has 0 aliphatic carbocycles. The van der Waals surface area contributed by atoms with Gasteiger partial charge in [-0.2, -0.15) is 0 Å². The fraction of sp³-hybridized carbons (Fsp3) is 0.131. The molecule has 0 atom stereocenters. The number of nitrogens with zero attached hydrogens (tertiary/aromatic N) is 2. The molecule has 0 amide bonds. The van der Waals surface area contributed by atoms with Crippen LogP contribution in [0.25, 0.3) is 96.5 Å². The predicted octanol–water partition coefficient (Wildman–Crippen LogP) is 15.6. The molecule has 2 aliphatic rings. The number of fused-ring (bicyclic) bond motifs is 8. The lowest BCUT2D eigenvalue weighted by molar-refractivity contribution is 0.0697. The summed E-state index contributed by atoms with van der Waals surface area (Å²) in [6.45, 7) is 17.2. The minimum atomic E-state index is -0.954. The summed E-state index contributed by atoms with van der Waals surface area (Å²) in [6, 6.07) is 42.5. The second-order valence-electron chi connectivity index (χ2n) is 18.5. The Hall–Kier alpha value is -8.09. The van der Waals surface area contributed by atoms with E-state index >= 15 is 0 Å². The number of hydrogen-bond acceptors (Lipinski definition) is 3. The highest BCUT2D eigenvalue weighted by Gasteiger charge is 2.23. The molecule has 8 bridgehead atoms. The average molecular weight is 873 g/mol. The average Bonchev–Trinajstić information content (AvgIpc) is 4.09. The summed E-state index contributed by atoms with van der Waals surface area (Å²) < 4.78 is 0. The predicted molar refractivity (Wildman–Crippen MR) is 280 cm³/mol. The molecule has 5 aromatic carbocycles. The number of H-pyrrole nitrogens is 2. The molecule has 8 aromatic rings. The molecule has 5 heterocycles. The summed E-state index contributed by atoms with van der Waals surface area (Å²) in [5, 5.41) is 9.65. The number of carboxylic acid groups (broad SMARTS) is 1. The van der Waals surface area contributed by atoms with Gasteiger partial charge in [-0.15, -0.1) is 0 Å². The largest absolute Gasteiger partial charge is 0.478 e.